The van der Waals surface area contributed by atoms with E-state index in [0.29, 0.717) is 5.88 Å². The van der Waals surface area contributed by atoms with Gasteiger partial charge < -0.3 is 0 Å². The maximum atomic E-state index is 9.84. The molecule has 0 aromatic rings. The van der Waals surface area contributed by atoms with Gasteiger partial charge in [-0.15, -0.1) is 11.8 Å². The number of hydrazine groups is 1. The Hall–Kier alpha value is -0.710. The molecule has 5 heteroatoms. The Labute approximate surface area is 50.3 Å². The van der Waals surface area contributed by atoms with Gasteiger partial charge in [0.25, 0.3) is 0 Å². The molecule has 8 heavy (non-hydrogen) atoms. The molecule has 0 fully saturated rings. The summed E-state index contributed by atoms with van der Waals surface area (Å²) < 4.78 is 0. The summed E-state index contributed by atoms with van der Waals surface area (Å²) in [6.45, 7) is 0. The Morgan fingerprint density at radius 1 is 2.00 bits per heavy atom. The number of rotatable bonds is 1. The SMILES string of the molecule is O=[N+]([O-])N1[C]=CSC1. The molecule has 1 aliphatic heterocycles. The summed E-state index contributed by atoms with van der Waals surface area (Å²) in [7, 11) is 0. The highest BCUT2D eigenvalue weighted by Crippen LogP contribution is 2.12. The Bertz CT molecular complexity index is 135. The molecule has 0 saturated heterocycles. The summed E-state index contributed by atoms with van der Waals surface area (Å²) in [4.78, 5) is 9.84. The number of nitro groups is 1. The van der Waals surface area contributed by atoms with Gasteiger partial charge in [-0.2, -0.15) is 0 Å². The summed E-state index contributed by atoms with van der Waals surface area (Å²) in [5.74, 6) is 0.382. The normalized spacial score (nSPS) is 17.2. The molecule has 0 saturated carbocycles. The van der Waals surface area contributed by atoms with Crippen LogP contribution in [0.1, 0.15) is 0 Å². The quantitative estimate of drug-likeness (QED) is 0.383. The van der Waals surface area contributed by atoms with Crippen molar-refractivity contribution in [2.45, 2.75) is 0 Å². The van der Waals surface area contributed by atoms with Gasteiger partial charge in [0.1, 0.15) is 12.1 Å². The van der Waals surface area contributed by atoms with Crippen LogP contribution in [0.5, 0.6) is 0 Å². The zero-order valence-corrected chi connectivity index (χ0v) is 4.72. The van der Waals surface area contributed by atoms with E-state index in [9.17, 15) is 10.1 Å². The molecule has 1 heterocycles. The van der Waals surface area contributed by atoms with Crippen LogP contribution < -0.4 is 0 Å². The Morgan fingerprint density at radius 3 is 3.00 bits per heavy atom. The molecule has 1 radical (unpaired) electrons. The predicted octanol–water partition coefficient (Wildman–Crippen LogP) is 0.459. The van der Waals surface area contributed by atoms with Crippen LogP contribution in [0, 0.1) is 16.3 Å². The van der Waals surface area contributed by atoms with E-state index < -0.39 is 5.03 Å². The van der Waals surface area contributed by atoms with E-state index in [1.807, 2.05) is 0 Å². The van der Waals surface area contributed by atoms with Gasteiger partial charge in [-0.1, -0.05) is 5.01 Å². The highest BCUT2D eigenvalue weighted by atomic mass is 32.2. The van der Waals surface area contributed by atoms with E-state index in [1.165, 1.54) is 11.8 Å². The minimum Gasteiger partial charge on any atom is -0.234 e. The van der Waals surface area contributed by atoms with Crippen molar-refractivity contribution in [3.05, 3.63) is 21.7 Å². The minimum absolute atomic E-state index is 0.382. The van der Waals surface area contributed by atoms with Gasteiger partial charge in [-0.05, 0) is 0 Å². The summed E-state index contributed by atoms with van der Waals surface area (Å²) in [6, 6.07) is 0. The largest absolute Gasteiger partial charge is 0.234 e. The van der Waals surface area contributed by atoms with Gasteiger partial charge in [-0.3, -0.25) is 0 Å². The Kier molecular flexibility index (Phi) is 1.38. The Balaban J connectivity index is 2.48. The fraction of sp³-hybridized carbons (Fsp3) is 0.333. The van der Waals surface area contributed by atoms with Crippen LogP contribution in [-0.2, 0) is 0 Å². The number of nitrogens with zero attached hydrogens (tertiary/aromatic N) is 2. The zero-order chi connectivity index (χ0) is 5.98. The van der Waals surface area contributed by atoms with Crippen molar-refractivity contribution >= 4 is 11.8 Å². The van der Waals surface area contributed by atoms with Gasteiger partial charge in [0.05, 0.1) is 0 Å². The highest BCUT2D eigenvalue weighted by molar-refractivity contribution is 8.02. The van der Waals surface area contributed by atoms with Gasteiger partial charge in [0, 0.05) is 5.41 Å². The molecule has 0 amide bonds. The second-order valence-electron chi connectivity index (χ2n) is 1.18. The lowest BCUT2D eigenvalue weighted by molar-refractivity contribution is -0.638. The van der Waals surface area contributed by atoms with Crippen molar-refractivity contribution in [3.8, 4) is 0 Å². The predicted molar refractivity (Wildman–Crippen MR) is 29.1 cm³/mol. The lowest BCUT2D eigenvalue weighted by atomic mass is 11.0. The molecule has 1 rings (SSSR count). The van der Waals surface area contributed by atoms with Crippen LogP contribution in [0.2, 0.25) is 0 Å². The fourth-order valence-electron chi connectivity index (χ4n) is 0.338. The first-order valence-electron chi connectivity index (χ1n) is 1.92. The standard InChI is InChI=1S/C3H3N2O2S/c6-5(7)4-1-2-8-3-4/h2H,3H2. The molecule has 43 valence electrons. The average Bonchev–Trinajstić information content (AvgIpc) is 2.12. The minimum atomic E-state index is -0.490. The first kappa shape index (κ1) is 5.43. The maximum Gasteiger partial charge on any atom is 0.166 e. The van der Waals surface area contributed by atoms with Crippen molar-refractivity contribution in [2.75, 3.05) is 5.88 Å². The molecule has 0 atom stereocenters. The highest BCUT2D eigenvalue weighted by Gasteiger charge is 2.14. The number of hydrogen-bond acceptors (Lipinski definition) is 3. The van der Waals surface area contributed by atoms with Crippen LogP contribution >= 0.6 is 11.8 Å². The smallest absolute Gasteiger partial charge is 0.166 e. The molecule has 1 aliphatic rings. The van der Waals surface area contributed by atoms with Crippen molar-refractivity contribution < 1.29 is 5.03 Å². The van der Waals surface area contributed by atoms with E-state index in [4.69, 9.17) is 0 Å². The third-order valence-corrected chi connectivity index (χ3v) is 1.34. The molecular weight excluding hydrogens is 128 g/mol. The van der Waals surface area contributed by atoms with E-state index in [-0.39, 0.29) is 0 Å². The number of thioether (sulfide) groups is 1. The third kappa shape index (κ3) is 0.919. The maximum absolute atomic E-state index is 9.84. The summed E-state index contributed by atoms with van der Waals surface area (Å²) in [5.41, 5.74) is 0. The van der Waals surface area contributed by atoms with Crippen molar-refractivity contribution in [2.24, 2.45) is 0 Å². The van der Waals surface area contributed by atoms with Crippen LogP contribution in [0.15, 0.2) is 5.41 Å². The topological polar surface area (TPSA) is 46.4 Å². The molecule has 0 unspecified atom stereocenters. The van der Waals surface area contributed by atoms with Gasteiger partial charge >= 0.3 is 0 Å². The molecule has 0 aromatic carbocycles. The second kappa shape index (κ2) is 2.04. The van der Waals surface area contributed by atoms with Gasteiger partial charge in [0.2, 0.25) is 0 Å². The molecular formula is C3H3N2O2S. The average molecular weight is 131 g/mol. The third-order valence-electron chi connectivity index (χ3n) is 0.679. The van der Waals surface area contributed by atoms with Crippen LogP contribution in [-0.4, -0.2) is 15.9 Å². The van der Waals surface area contributed by atoms with E-state index in [2.05, 4.69) is 6.20 Å². The monoisotopic (exact) mass is 131 g/mol. The van der Waals surface area contributed by atoms with Gasteiger partial charge in [-0.25, -0.2) is 10.1 Å². The molecule has 0 aromatic heterocycles. The first-order valence-corrected chi connectivity index (χ1v) is 2.97. The fourth-order valence-corrected chi connectivity index (χ4v) is 0.918. The molecule has 0 aliphatic carbocycles. The van der Waals surface area contributed by atoms with Crippen molar-refractivity contribution in [3.63, 3.8) is 0 Å². The van der Waals surface area contributed by atoms with Crippen LogP contribution in [0.4, 0.5) is 0 Å². The molecule has 4 nitrogen and oxygen atoms in total. The second-order valence-corrected chi connectivity index (χ2v) is 2.01. The first-order chi connectivity index (χ1) is 3.80. The summed E-state index contributed by atoms with van der Waals surface area (Å²) in [6.07, 6.45) is 2.43. The Morgan fingerprint density at radius 2 is 2.75 bits per heavy atom. The van der Waals surface area contributed by atoms with E-state index in [1.54, 1.807) is 5.41 Å². The summed E-state index contributed by atoms with van der Waals surface area (Å²) >= 11 is 1.36. The van der Waals surface area contributed by atoms with Crippen LogP contribution in [0.25, 0.3) is 0 Å². The summed E-state index contributed by atoms with van der Waals surface area (Å²) in [5, 5.41) is 11.8. The van der Waals surface area contributed by atoms with Crippen LogP contribution in [0.3, 0.4) is 0 Å². The lowest BCUT2D eigenvalue weighted by Gasteiger charge is -1.97. The van der Waals surface area contributed by atoms with E-state index in [0.717, 1.165) is 5.01 Å². The molecule has 0 N–H and O–H groups in total. The lowest BCUT2D eigenvalue weighted by Crippen LogP contribution is -2.20. The zero-order valence-electron chi connectivity index (χ0n) is 3.90. The number of hydrogen-bond donors (Lipinski definition) is 0. The van der Waals surface area contributed by atoms with E-state index >= 15 is 0 Å². The van der Waals surface area contributed by atoms with Crippen molar-refractivity contribution in [1.29, 1.82) is 0 Å². The van der Waals surface area contributed by atoms with Gasteiger partial charge in [0.15, 0.2) is 5.03 Å². The van der Waals surface area contributed by atoms with Crippen molar-refractivity contribution in [1.82, 2.24) is 5.01 Å². The molecule has 0 spiro atoms. The molecule has 0 bridgehead atoms.